The molecule has 0 saturated carbocycles. The Balaban J connectivity index is 2.25. The average molecular weight is 226 g/mol. The lowest BCUT2D eigenvalue weighted by atomic mass is 9.87. The van der Waals surface area contributed by atoms with E-state index in [0.29, 0.717) is 0 Å². The van der Waals surface area contributed by atoms with Gasteiger partial charge in [0.05, 0.1) is 5.56 Å². The lowest BCUT2D eigenvalue weighted by Gasteiger charge is -2.19. The Bertz CT molecular complexity index is 390. The summed E-state index contributed by atoms with van der Waals surface area (Å²) in [5.74, 6) is 0.243. The first-order valence-corrected chi connectivity index (χ1v) is 5.39. The van der Waals surface area contributed by atoms with Crippen LogP contribution in [0.1, 0.15) is 36.3 Å². The Labute approximate surface area is 92.8 Å². The van der Waals surface area contributed by atoms with Gasteiger partial charge in [-0.15, -0.1) is 0 Å². The topological polar surface area (TPSA) is 0 Å². The van der Waals surface area contributed by atoms with E-state index in [4.69, 9.17) is 0 Å². The predicted molar refractivity (Wildman–Crippen MR) is 57.2 cm³/mol. The molecule has 0 saturated heterocycles. The molecule has 0 aliphatic heterocycles. The maximum absolute atomic E-state index is 12.5. The molecule has 2 rings (SSSR count). The molecule has 0 bridgehead atoms. The zero-order valence-electron chi connectivity index (χ0n) is 8.80. The molecule has 86 valence electrons. The van der Waals surface area contributed by atoms with E-state index in [1.54, 1.807) is 6.07 Å². The van der Waals surface area contributed by atoms with Gasteiger partial charge in [0.15, 0.2) is 0 Å². The molecule has 0 nitrogen and oxygen atoms in total. The number of allylic oxidation sites excluding steroid dienone is 2. The Morgan fingerprint density at radius 3 is 2.56 bits per heavy atom. The van der Waals surface area contributed by atoms with Crippen LogP contribution < -0.4 is 0 Å². The summed E-state index contributed by atoms with van der Waals surface area (Å²) in [5, 5.41) is 0. The van der Waals surface area contributed by atoms with E-state index in [1.165, 1.54) is 12.1 Å². The average Bonchev–Trinajstić information content (AvgIpc) is 2.29. The number of alkyl halides is 3. The van der Waals surface area contributed by atoms with Crippen LogP contribution in [0.15, 0.2) is 36.4 Å². The summed E-state index contributed by atoms with van der Waals surface area (Å²) in [5.41, 5.74) is 0.263. The van der Waals surface area contributed by atoms with Crippen molar-refractivity contribution in [3.05, 3.63) is 47.5 Å². The summed E-state index contributed by atoms with van der Waals surface area (Å²) in [6, 6.07) is 5.70. The Morgan fingerprint density at radius 2 is 1.94 bits per heavy atom. The van der Waals surface area contributed by atoms with Gasteiger partial charge >= 0.3 is 6.18 Å². The molecular weight excluding hydrogens is 213 g/mol. The van der Waals surface area contributed by atoms with Crippen LogP contribution in [0.2, 0.25) is 0 Å². The fraction of sp³-hybridized carbons (Fsp3) is 0.385. The Morgan fingerprint density at radius 1 is 1.12 bits per heavy atom. The van der Waals surface area contributed by atoms with Gasteiger partial charge in [0.25, 0.3) is 0 Å². The fourth-order valence-electron chi connectivity index (χ4n) is 2.07. The first-order valence-electron chi connectivity index (χ1n) is 5.39. The van der Waals surface area contributed by atoms with Gasteiger partial charge in [0.1, 0.15) is 0 Å². The molecule has 1 unspecified atom stereocenters. The monoisotopic (exact) mass is 226 g/mol. The van der Waals surface area contributed by atoms with Crippen molar-refractivity contribution in [2.45, 2.75) is 31.4 Å². The van der Waals surface area contributed by atoms with Crippen LogP contribution in [0.3, 0.4) is 0 Å². The minimum absolute atomic E-state index is 0.243. The summed E-state index contributed by atoms with van der Waals surface area (Å²) in [4.78, 5) is 0. The third kappa shape index (κ3) is 2.46. The number of halogens is 3. The summed E-state index contributed by atoms with van der Waals surface area (Å²) in [6.07, 6.45) is 2.65. The van der Waals surface area contributed by atoms with E-state index in [1.807, 2.05) is 0 Å². The molecule has 3 heteroatoms. The third-order valence-electron chi connectivity index (χ3n) is 2.95. The molecule has 0 heterocycles. The normalized spacial score (nSPS) is 21.1. The van der Waals surface area contributed by atoms with Crippen LogP contribution in [0.25, 0.3) is 0 Å². The highest BCUT2D eigenvalue weighted by atomic mass is 19.4. The van der Waals surface area contributed by atoms with Crippen molar-refractivity contribution in [3.8, 4) is 0 Å². The first-order chi connectivity index (χ1) is 7.57. The minimum atomic E-state index is -4.24. The van der Waals surface area contributed by atoms with E-state index in [2.05, 4.69) is 12.2 Å². The minimum Gasteiger partial charge on any atom is -0.166 e. The summed E-state index contributed by atoms with van der Waals surface area (Å²) in [7, 11) is 0. The van der Waals surface area contributed by atoms with Crippen molar-refractivity contribution in [3.63, 3.8) is 0 Å². The Hall–Kier alpha value is -1.25. The highest BCUT2D eigenvalue weighted by molar-refractivity contribution is 5.29. The van der Waals surface area contributed by atoms with Crippen molar-refractivity contribution >= 4 is 0 Å². The van der Waals surface area contributed by atoms with Gasteiger partial charge in [-0.3, -0.25) is 0 Å². The molecule has 1 aromatic rings. The van der Waals surface area contributed by atoms with Crippen molar-refractivity contribution < 1.29 is 13.2 Å². The molecule has 0 aromatic heterocycles. The van der Waals surface area contributed by atoms with E-state index >= 15 is 0 Å². The van der Waals surface area contributed by atoms with Gasteiger partial charge in [0, 0.05) is 0 Å². The number of hydrogen-bond acceptors (Lipinski definition) is 0. The lowest BCUT2D eigenvalue weighted by molar-refractivity contribution is -0.137. The van der Waals surface area contributed by atoms with Gasteiger partial charge in [-0.25, -0.2) is 0 Å². The van der Waals surface area contributed by atoms with Crippen molar-refractivity contribution in [2.75, 3.05) is 0 Å². The van der Waals surface area contributed by atoms with Crippen LogP contribution in [0.4, 0.5) is 13.2 Å². The van der Waals surface area contributed by atoms with Gasteiger partial charge in [-0.05, 0) is 36.8 Å². The molecule has 1 atom stereocenters. The molecule has 0 radical (unpaired) electrons. The second kappa shape index (κ2) is 4.32. The number of hydrogen-bond donors (Lipinski definition) is 0. The zero-order chi connectivity index (χ0) is 11.6. The molecule has 1 aliphatic carbocycles. The van der Waals surface area contributed by atoms with E-state index in [0.717, 1.165) is 30.9 Å². The molecule has 0 fully saturated rings. The van der Waals surface area contributed by atoms with Crippen LogP contribution >= 0.6 is 0 Å². The van der Waals surface area contributed by atoms with E-state index < -0.39 is 11.7 Å². The molecular formula is C13H13F3. The first kappa shape index (κ1) is 11.2. The maximum atomic E-state index is 12.5. The molecule has 16 heavy (non-hydrogen) atoms. The van der Waals surface area contributed by atoms with Gasteiger partial charge in [0.2, 0.25) is 0 Å². The second-order valence-corrected chi connectivity index (χ2v) is 4.10. The predicted octanol–water partition coefficient (Wildman–Crippen LogP) is 4.53. The van der Waals surface area contributed by atoms with Crippen molar-refractivity contribution in [2.24, 2.45) is 0 Å². The third-order valence-corrected chi connectivity index (χ3v) is 2.95. The molecule has 0 N–H and O–H groups in total. The smallest absolute Gasteiger partial charge is 0.166 e. The largest absolute Gasteiger partial charge is 0.416 e. The van der Waals surface area contributed by atoms with Gasteiger partial charge in [-0.1, -0.05) is 30.4 Å². The fourth-order valence-corrected chi connectivity index (χ4v) is 2.07. The van der Waals surface area contributed by atoms with E-state index in [9.17, 15) is 13.2 Å². The second-order valence-electron chi connectivity index (χ2n) is 4.10. The van der Waals surface area contributed by atoms with Crippen molar-refractivity contribution in [1.29, 1.82) is 0 Å². The molecule has 1 aliphatic rings. The number of rotatable bonds is 1. The van der Waals surface area contributed by atoms with Crippen molar-refractivity contribution in [1.82, 2.24) is 0 Å². The lowest BCUT2D eigenvalue weighted by Crippen LogP contribution is -2.07. The summed E-state index contributed by atoms with van der Waals surface area (Å²) >= 11 is 0. The SMILES string of the molecule is FC(F)(F)c1cccc(C2CC=CCC2)c1. The van der Waals surface area contributed by atoms with E-state index in [-0.39, 0.29) is 5.92 Å². The molecule has 0 spiro atoms. The molecule has 0 amide bonds. The molecule has 1 aromatic carbocycles. The summed E-state index contributed by atoms with van der Waals surface area (Å²) < 4.78 is 37.6. The highest BCUT2D eigenvalue weighted by Crippen LogP contribution is 2.34. The van der Waals surface area contributed by atoms with Gasteiger partial charge < -0.3 is 0 Å². The maximum Gasteiger partial charge on any atom is 0.416 e. The van der Waals surface area contributed by atoms with Crippen LogP contribution in [0, 0.1) is 0 Å². The van der Waals surface area contributed by atoms with Crippen LogP contribution in [0.5, 0.6) is 0 Å². The van der Waals surface area contributed by atoms with Crippen LogP contribution in [-0.4, -0.2) is 0 Å². The van der Waals surface area contributed by atoms with Gasteiger partial charge in [-0.2, -0.15) is 13.2 Å². The zero-order valence-corrected chi connectivity index (χ0v) is 8.80. The quantitative estimate of drug-likeness (QED) is 0.617. The standard InChI is InChI=1S/C13H13F3/c14-13(15,16)12-8-4-7-11(9-12)10-5-2-1-3-6-10/h1-2,4,7-10H,3,5-6H2. The Kier molecular flexibility index (Phi) is 3.03. The van der Waals surface area contributed by atoms with Crippen LogP contribution in [-0.2, 0) is 6.18 Å². The number of benzene rings is 1. The summed E-state index contributed by atoms with van der Waals surface area (Å²) in [6.45, 7) is 0. The highest BCUT2D eigenvalue weighted by Gasteiger charge is 2.30.